The molecule has 1 nitrogen and oxygen atoms in total. The Morgan fingerprint density at radius 1 is 1.39 bits per heavy atom. The van der Waals surface area contributed by atoms with Crippen molar-refractivity contribution in [2.45, 2.75) is 39.2 Å². The van der Waals surface area contributed by atoms with Gasteiger partial charge in [0.25, 0.3) is 0 Å². The number of thiophene rings is 2. The van der Waals surface area contributed by atoms with Crippen LogP contribution in [0.5, 0.6) is 0 Å². The van der Waals surface area contributed by atoms with E-state index in [-0.39, 0.29) is 0 Å². The highest BCUT2D eigenvalue weighted by atomic mass is 32.1. The fourth-order valence-electron chi connectivity index (χ4n) is 2.70. The van der Waals surface area contributed by atoms with Crippen molar-refractivity contribution >= 4 is 22.7 Å². The summed E-state index contributed by atoms with van der Waals surface area (Å²) in [5.74, 6) is 0. The Labute approximate surface area is 117 Å². The molecule has 3 rings (SSSR count). The van der Waals surface area contributed by atoms with Gasteiger partial charge >= 0.3 is 0 Å². The molecule has 96 valence electrons. The first kappa shape index (κ1) is 12.4. The van der Waals surface area contributed by atoms with Crippen molar-refractivity contribution in [3.8, 4) is 0 Å². The molecule has 0 aliphatic heterocycles. The van der Waals surface area contributed by atoms with E-state index in [1.807, 2.05) is 22.7 Å². The third-order valence-corrected chi connectivity index (χ3v) is 6.01. The molecule has 0 amide bonds. The minimum atomic E-state index is 0.408. The van der Waals surface area contributed by atoms with Crippen LogP contribution in [0, 0.1) is 6.92 Å². The van der Waals surface area contributed by atoms with Gasteiger partial charge in [-0.15, -0.1) is 22.7 Å². The van der Waals surface area contributed by atoms with Crippen molar-refractivity contribution in [2.75, 3.05) is 6.54 Å². The maximum atomic E-state index is 3.65. The molecular weight excluding hydrogens is 258 g/mol. The van der Waals surface area contributed by atoms with Crippen LogP contribution in [0.15, 0.2) is 17.5 Å². The van der Waals surface area contributed by atoms with E-state index >= 15 is 0 Å². The van der Waals surface area contributed by atoms with Crippen molar-refractivity contribution in [3.63, 3.8) is 0 Å². The second-order valence-electron chi connectivity index (χ2n) is 4.91. The highest BCUT2D eigenvalue weighted by molar-refractivity contribution is 7.13. The van der Waals surface area contributed by atoms with Gasteiger partial charge in [0.15, 0.2) is 0 Å². The van der Waals surface area contributed by atoms with Gasteiger partial charge in [0.1, 0.15) is 0 Å². The lowest BCUT2D eigenvalue weighted by Crippen LogP contribution is -2.20. The molecular formula is C15H19NS2. The van der Waals surface area contributed by atoms with E-state index in [9.17, 15) is 0 Å². The van der Waals surface area contributed by atoms with Crippen LogP contribution < -0.4 is 5.32 Å². The molecule has 0 fully saturated rings. The smallest absolute Gasteiger partial charge is 0.0767 e. The average molecular weight is 277 g/mol. The molecule has 0 radical (unpaired) electrons. The quantitative estimate of drug-likeness (QED) is 0.878. The van der Waals surface area contributed by atoms with Crippen LogP contribution in [0.2, 0.25) is 0 Å². The Kier molecular flexibility index (Phi) is 3.55. The maximum absolute atomic E-state index is 3.65. The number of nitrogens with one attached hydrogen (secondary N) is 1. The topological polar surface area (TPSA) is 12.0 Å². The van der Waals surface area contributed by atoms with Crippen LogP contribution in [-0.2, 0) is 12.8 Å². The van der Waals surface area contributed by atoms with Gasteiger partial charge in [-0.3, -0.25) is 0 Å². The van der Waals surface area contributed by atoms with Crippen molar-refractivity contribution < 1.29 is 0 Å². The molecule has 18 heavy (non-hydrogen) atoms. The van der Waals surface area contributed by atoms with Crippen LogP contribution in [0.4, 0.5) is 0 Å². The number of fused-ring (bicyclic) bond motifs is 1. The van der Waals surface area contributed by atoms with Crippen LogP contribution in [0.1, 0.15) is 45.1 Å². The SMILES string of the molecule is CCNC(c1cc2c(s1)CCC2)c1sccc1C. The Bertz CT molecular complexity index is 517. The lowest BCUT2D eigenvalue weighted by molar-refractivity contribution is 0.646. The van der Waals surface area contributed by atoms with E-state index in [0.717, 1.165) is 6.54 Å². The average Bonchev–Trinajstić information content (AvgIpc) is 3.00. The van der Waals surface area contributed by atoms with Gasteiger partial charge in [0, 0.05) is 14.6 Å². The molecule has 2 aromatic rings. The minimum Gasteiger partial charge on any atom is -0.305 e. The molecule has 2 aromatic heterocycles. The zero-order chi connectivity index (χ0) is 12.5. The Morgan fingerprint density at radius 3 is 2.94 bits per heavy atom. The highest BCUT2D eigenvalue weighted by Crippen LogP contribution is 2.38. The molecule has 0 spiro atoms. The van der Waals surface area contributed by atoms with Crippen LogP contribution in [0.25, 0.3) is 0 Å². The molecule has 0 saturated heterocycles. The van der Waals surface area contributed by atoms with E-state index in [0.29, 0.717) is 6.04 Å². The van der Waals surface area contributed by atoms with Crippen LogP contribution >= 0.6 is 22.7 Å². The zero-order valence-electron chi connectivity index (χ0n) is 11.0. The van der Waals surface area contributed by atoms with Gasteiger partial charge in [-0.25, -0.2) is 0 Å². The van der Waals surface area contributed by atoms with Crippen LogP contribution in [0.3, 0.4) is 0 Å². The summed E-state index contributed by atoms with van der Waals surface area (Å²) in [6.07, 6.45) is 3.93. The number of aryl methyl sites for hydroxylation is 3. The van der Waals surface area contributed by atoms with Gasteiger partial charge < -0.3 is 5.32 Å². The lowest BCUT2D eigenvalue weighted by atomic mass is 10.1. The summed E-state index contributed by atoms with van der Waals surface area (Å²) in [6, 6.07) is 5.08. The van der Waals surface area contributed by atoms with Crippen LogP contribution in [-0.4, -0.2) is 6.54 Å². The highest BCUT2D eigenvalue weighted by Gasteiger charge is 2.22. The third-order valence-electron chi connectivity index (χ3n) is 3.62. The monoisotopic (exact) mass is 277 g/mol. The Morgan fingerprint density at radius 2 is 2.28 bits per heavy atom. The first-order chi connectivity index (χ1) is 8.79. The molecule has 0 saturated carbocycles. The lowest BCUT2D eigenvalue weighted by Gasteiger charge is -2.16. The first-order valence-electron chi connectivity index (χ1n) is 6.68. The molecule has 2 heterocycles. The summed E-state index contributed by atoms with van der Waals surface area (Å²) in [5, 5.41) is 5.86. The van der Waals surface area contributed by atoms with E-state index in [1.54, 1.807) is 10.4 Å². The fourth-order valence-corrected chi connectivity index (χ4v) is 5.14. The second-order valence-corrected chi connectivity index (χ2v) is 7.03. The molecule has 1 unspecified atom stereocenters. The van der Waals surface area contributed by atoms with Gasteiger partial charge in [0.2, 0.25) is 0 Å². The van der Waals surface area contributed by atoms with E-state index in [1.165, 1.54) is 34.6 Å². The maximum Gasteiger partial charge on any atom is 0.0767 e. The van der Waals surface area contributed by atoms with Gasteiger partial charge in [0.05, 0.1) is 6.04 Å². The minimum absolute atomic E-state index is 0.408. The number of hydrogen-bond donors (Lipinski definition) is 1. The Balaban J connectivity index is 1.96. The number of rotatable bonds is 4. The molecule has 1 aliphatic carbocycles. The number of hydrogen-bond acceptors (Lipinski definition) is 3. The molecule has 1 N–H and O–H groups in total. The molecule has 1 atom stereocenters. The normalized spacial score (nSPS) is 15.9. The van der Waals surface area contributed by atoms with Crippen molar-refractivity contribution in [1.82, 2.24) is 5.32 Å². The molecule has 3 heteroatoms. The summed E-state index contributed by atoms with van der Waals surface area (Å²) in [4.78, 5) is 4.62. The van der Waals surface area contributed by atoms with Crippen molar-refractivity contribution in [2.24, 2.45) is 0 Å². The third kappa shape index (κ3) is 2.15. The predicted octanol–water partition coefficient (Wildman–Crippen LogP) is 4.31. The summed E-state index contributed by atoms with van der Waals surface area (Å²) >= 11 is 3.90. The largest absolute Gasteiger partial charge is 0.305 e. The molecule has 0 aromatic carbocycles. The fraction of sp³-hybridized carbons (Fsp3) is 0.467. The van der Waals surface area contributed by atoms with Gasteiger partial charge in [-0.2, -0.15) is 0 Å². The first-order valence-corrected chi connectivity index (χ1v) is 8.38. The molecule has 1 aliphatic rings. The van der Waals surface area contributed by atoms with Crippen molar-refractivity contribution in [1.29, 1.82) is 0 Å². The standard InChI is InChI=1S/C15H19NS2/c1-3-16-14(15-10(2)7-8-17-15)13-9-11-5-4-6-12(11)18-13/h7-9,14,16H,3-6H2,1-2H3. The van der Waals surface area contributed by atoms with E-state index in [2.05, 4.69) is 36.7 Å². The summed E-state index contributed by atoms with van der Waals surface area (Å²) in [5.41, 5.74) is 3.02. The second kappa shape index (κ2) is 5.16. The summed E-state index contributed by atoms with van der Waals surface area (Å²) in [7, 11) is 0. The van der Waals surface area contributed by atoms with E-state index in [4.69, 9.17) is 0 Å². The zero-order valence-corrected chi connectivity index (χ0v) is 12.6. The van der Waals surface area contributed by atoms with E-state index < -0.39 is 0 Å². The van der Waals surface area contributed by atoms with Gasteiger partial charge in [-0.05, 0) is 61.4 Å². The predicted molar refractivity (Wildman–Crippen MR) is 80.9 cm³/mol. The van der Waals surface area contributed by atoms with Gasteiger partial charge in [-0.1, -0.05) is 6.92 Å². The summed E-state index contributed by atoms with van der Waals surface area (Å²) < 4.78 is 0. The molecule has 0 bridgehead atoms. The Hall–Kier alpha value is -0.640. The summed E-state index contributed by atoms with van der Waals surface area (Å²) in [6.45, 7) is 5.43. The van der Waals surface area contributed by atoms with Crippen molar-refractivity contribution in [3.05, 3.63) is 43.3 Å².